The molecule has 0 unspecified atom stereocenters. The van der Waals surface area contributed by atoms with Gasteiger partial charge in [0.25, 0.3) is 5.91 Å². The zero-order valence-electron chi connectivity index (χ0n) is 11.0. The standard InChI is InChI=1S/C14H15BrFNO3/c1-8(14(19)20)7-17(10-3-4-10)13(18)11-6-9(16)2-5-12(11)15/h2,5-6,8,10H,3-4,7H2,1H3,(H,19,20)/t8-/m1/s1. The van der Waals surface area contributed by atoms with Gasteiger partial charge in [-0.25, -0.2) is 4.39 Å². The van der Waals surface area contributed by atoms with Gasteiger partial charge in [0.1, 0.15) is 5.82 Å². The van der Waals surface area contributed by atoms with Crippen molar-refractivity contribution in [3.8, 4) is 0 Å². The van der Waals surface area contributed by atoms with Gasteiger partial charge in [0, 0.05) is 17.1 Å². The fourth-order valence-electron chi connectivity index (χ4n) is 1.97. The SMILES string of the molecule is C[C@H](CN(C(=O)c1cc(F)ccc1Br)C1CC1)C(=O)O. The molecular formula is C14H15BrFNO3. The molecule has 1 amide bonds. The van der Waals surface area contributed by atoms with Crippen LogP contribution in [0.15, 0.2) is 22.7 Å². The van der Waals surface area contributed by atoms with Gasteiger partial charge in [0.2, 0.25) is 0 Å². The summed E-state index contributed by atoms with van der Waals surface area (Å²) in [6, 6.07) is 3.99. The van der Waals surface area contributed by atoms with Crippen molar-refractivity contribution in [2.75, 3.05) is 6.54 Å². The average Bonchev–Trinajstić information content (AvgIpc) is 3.22. The molecule has 1 aliphatic rings. The van der Waals surface area contributed by atoms with Gasteiger partial charge in [-0.1, -0.05) is 6.92 Å². The minimum atomic E-state index is -0.943. The number of aliphatic carboxylic acids is 1. The maximum absolute atomic E-state index is 13.3. The minimum Gasteiger partial charge on any atom is -0.481 e. The molecule has 108 valence electrons. The molecule has 0 spiro atoms. The van der Waals surface area contributed by atoms with Crippen LogP contribution in [0, 0.1) is 11.7 Å². The summed E-state index contributed by atoms with van der Waals surface area (Å²) in [7, 11) is 0. The van der Waals surface area contributed by atoms with Crippen molar-refractivity contribution in [1.82, 2.24) is 4.90 Å². The highest BCUT2D eigenvalue weighted by Crippen LogP contribution is 2.30. The number of carboxylic acid groups (broad SMARTS) is 1. The van der Waals surface area contributed by atoms with E-state index < -0.39 is 17.7 Å². The predicted octanol–water partition coefficient (Wildman–Crippen LogP) is 2.91. The van der Waals surface area contributed by atoms with Crippen LogP contribution in [0.3, 0.4) is 0 Å². The van der Waals surface area contributed by atoms with Crippen molar-refractivity contribution in [2.45, 2.75) is 25.8 Å². The highest BCUT2D eigenvalue weighted by atomic mass is 79.9. The normalized spacial score (nSPS) is 15.8. The Hall–Kier alpha value is -1.43. The number of amides is 1. The number of carbonyl (C=O) groups is 2. The number of benzene rings is 1. The average molecular weight is 344 g/mol. The van der Waals surface area contributed by atoms with Gasteiger partial charge >= 0.3 is 5.97 Å². The van der Waals surface area contributed by atoms with Crippen LogP contribution in [-0.2, 0) is 4.79 Å². The number of halogens is 2. The number of carboxylic acids is 1. The van der Waals surface area contributed by atoms with Crippen LogP contribution in [0.4, 0.5) is 4.39 Å². The first-order valence-corrected chi connectivity index (χ1v) is 7.18. The Morgan fingerprint density at radius 3 is 2.70 bits per heavy atom. The molecule has 1 fully saturated rings. The van der Waals surface area contributed by atoms with Crippen molar-refractivity contribution in [3.05, 3.63) is 34.1 Å². The van der Waals surface area contributed by atoms with Crippen molar-refractivity contribution < 1.29 is 19.1 Å². The molecule has 1 atom stereocenters. The fourth-order valence-corrected chi connectivity index (χ4v) is 2.39. The van der Waals surface area contributed by atoms with Gasteiger partial charge < -0.3 is 10.0 Å². The van der Waals surface area contributed by atoms with Crippen molar-refractivity contribution in [2.24, 2.45) is 5.92 Å². The monoisotopic (exact) mass is 343 g/mol. The zero-order chi connectivity index (χ0) is 14.9. The van der Waals surface area contributed by atoms with Crippen molar-refractivity contribution in [3.63, 3.8) is 0 Å². The number of hydrogen-bond donors (Lipinski definition) is 1. The lowest BCUT2D eigenvalue weighted by molar-refractivity contribution is -0.141. The summed E-state index contributed by atoms with van der Waals surface area (Å²) in [4.78, 5) is 25.0. The quantitative estimate of drug-likeness (QED) is 0.894. The molecule has 1 aromatic rings. The maximum atomic E-state index is 13.3. The third-order valence-corrected chi connectivity index (χ3v) is 3.99. The maximum Gasteiger partial charge on any atom is 0.308 e. The van der Waals surface area contributed by atoms with Crippen molar-refractivity contribution in [1.29, 1.82) is 0 Å². The summed E-state index contributed by atoms with van der Waals surface area (Å²) in [5, 5.41) is 8.98. The van der Waals surface area contributed by atoms with Gasteiger partial charge in [-0.15, -0.1) is 0 Å². The molecule has 20 heavy (non-hydrogen) atoms. The van der Waals surface area contributed by atoms with Crippen LogP contribution in [0.2, 0.25) is 0 Å². The van der Waals surface area contributed by atoms with E-state index in [-0.39, 0.29) is 24.1 Å². The lowest BCUT2D eigenvalue weighted by atomic mass is 10.1. The fraction of sp³-hybridized carbons (Fsp3) is 0.429. The van der Waals surface area contributed by atoms with E-state index in [1.54, 1.807) is 11.8 Å². The second-order valence-corrected chi connectivity index (χ2v) is 5.91. The summed E-state index contributed by atoms with van der Waals surface area (Å²) in [5.41, 5.74) is 0.231. The van der Waals surface area contributed by atoms with E-state index in [9.17, 15) is 14.0 Å². The number of carbonyl (C=O) groups excluding carboxylic acids is 1. The molecule has 4 nitrogen and oxygen atoms in total. The first-order chi connectivity index (χ1) is 9.40. The topological polar surface area (TPSA) is 57.6 Å². The molecule has 6 heteroatoms. The Bertz CT molecular complexity index is 545. The van der Waals surface area contributed by atoms with Gasteiger partial charge in [-0.3, -0.25) is 9.59 Å². The van der Waals surface area contributed by atoms with Crippen LogP contribution in [0.25, 0.3) is 0 Å². The molecule has 2 rings (SSSR count). The molecule has 0 aromatic heterocycles. The number of nitrogens with zero attached hydrogens (tertiary/aromatic N) is 1. The first-order valence-electron chi connectivity index (χ1n) is 6.39. The van der Waals surface area contributed by atoms with Gasteiger partial charge in [-0.05, 0) is 47.0 Å². The third-order valence-electron chi connectivity index (χ3n) is 3.30. The first kappa shape index (κ1) is 15.0. The van der Waals surface area contributed by atoms with Crippen LogP contribution >= 0.6 is 15.9 Å². The highest BCUT2D eigenvalue weighted by molar-refractivity contribution is 9.10. The zero-order valence-corrected chi connectivity index (χ0v) is 12.6. The molecule has 0 radical (unpaired) electrons. The van der Waals surface area contributed by atoms with Crippen LogP contribution in [0.5, 0.6) is 0 Å². The Balaban J connectivity index is 2.23. The van der Waals surface area contributed by atoms with E-state index in [1.165, 1.54) is 18.2 Å². The van der Waals surface area contributed by atoms with E-state index >= 15 is 0 Å². The van der Waals surface area contributed by atoms with Crippen LogP contribution in [0.1, 0.15) is 30.1 Å². The lowest BCUT2D eigenvalue weighted by Gasteiger charge is -2.25. The summed E-state index contributed by atoms with van der Waals surface area (Å²) in [6.45, 7) is 1.70. The van der Waals surface area contributed by atoms with E-state index in [4.69, 9.17) is 5.11 Å². The van der Waals surface area contributed by atoms with Gasteiger partial charge in [0.15, 0.2) is 0 Å². The summed E-state index contributed by atoms with van der Waals surface area (Å²) in [5.74, 6) is -2.40. The molecule has 1 aromatic carbocycles. The van der Waals surface area contributed by atoms with Crippen molar-refractivity contribution >= 4 is 27.8 Å². The lowest BCUT2D eigenvalue weighted by Crippen LogP contribution is -2.38. The molecule has 0 heterocycles. The smallest absolute Gasteiger partial charge is 0.308 e. The molecule has 1 N–H and O–H groups in total. The van der Waals surface area contributed by atoms with Gasteiger partial charge in [-0.2, -0.15) is 0 Å². The highest BCUT2D eigenvalue weighted by Gasteiger charge is 2.35. The van der Waals surface area contributed by atoms with Gasteiger partial charge in [0.05, 0.1) is 11.5 Å². The number of hydrogen-bond acceptors (Lipinski definition) is 2. The van der Waals surface area contributed by atoms with E-state index in [2.05, 4.69) is 15.9 Å². The Morgan fingerprint density at radius 1 is 1.50 bits per heavy atom. The number of rotatable bonds is 5. The van der Waals surface area contributed by atoms with E-state index in [1.807, 2.05) is 0 Å². The predicted molar refractivity (Wildman–Crippen MR) is 75.0 cm³/mol. The van der Waals surface area contributed by atoms with E-state index in [0.29, 0.717) is 4.47 Å². The molecule has 0 bridgehead atoms. The molecule has 1 aliphatic carbocycles. The summed E-state index contributed by atoms with van der Waals surface area (Å²) < 4.78 is 13.8. The third kappa shape index (κ3) is 3.36. The summed E-state index contributed by atoms with van der Waals surface area (Å²) >= 11 is 3.23. The summed E-state index contributed by atoms with van der Waals surface area (Å²) in [6.07, 6.45) is 1.73. The second-order valence-electron chi connectivity index (χ2n) is 5.05. The molecular weight excluding hydrogens is 329 g/mol. The Labute approximate surface area is 124 Å². The largest absolute Gasteiger partial charge is 0.481 e. The second kappa shape index (κ2) is 5.91. The molecule has 1 saturated carbocycles. The minimum absolute atomic E-state index is 0.0690. The van der Waals surface area contributed by atoms with Crippen LogP contribution < -0.4 is 0 Å². The molecule has 0 aliphatic heterocycles. The Kier molecular flexibility index (Phi) is 4.42. The molecule has 0 saturated heterocycles. The van der Waals surface area contributed by atoms with Crippen LogP contribution in [-0.4, -0.2) is 34.5 Å². The Morgan fingerprint density at radius 2 is 2.15 bits per heavy atom. The van der Waals surface area contributed by atoms with E-state index in [0.717, 1.165) is 12.8 Å².